The molecule has 1 fully saturated rings. The number of ether oxygens (including phenoxy) is 1. The van der Waals surface area contributed by atoms with Gasteiger partial charge in [-0.05, 0) is 61.8 Å². The highest BCUT2D eigenvalue weighted by atomic mass is 16.5. The maximum Gasteiger partial charge on any atom is 0.227 e. The Balaban J connectivity index is 1.44. The van der Waals surface area contributed by atoms with Crippen LogP contribution in [0.2, 0.25) is 0 Å². The first-order chi connectivity index (χ1) is 17.6. The molecule has 1 aromatic heterocycles. The Morgan fingerprint density at radius 3 is 2.53 bits per heavy atom. The molecule has 0 saturated heterocycles. The number of carbonyl (C=O) groups is 1. The minimum absolute atomic E-state index is 0.00332. The van der Waals surface area contributed by atoms with Crippen molar-refractivity contribution in [3.05, 3.63) is 77.6 Å². The summed E-state index contributed by atoms with van der Waals surface area (Å²) in [6, 6.07) is 17.8. The van der Waals surface area contributed by atoms with Crippen molar-refractivity contribution >= 4 is 5.91 Å². The largest absolute Gasteiger partial charge is 0.493 e. The Bertz CT molecular complexity index is 1060. The molecule has 192 valence electrons. The van der Waals surface area contributed by atoms with Crippen molar-refractivity contribution in [3.8, 4) is 5.75 Å². The molecule has 1 heterocycles. The fourth-order valence-corrected chi connectivity index (χ4v) is 4.56. The Morgan fingerprint density at radius 2 is 1.83 bits per heavy atom. The van der Waals surface area contributed by atoms with Crippen LogP contribution in [0, 0.1) is 5.92 Å². The van der Waals surface area contributed by atoms with Gasteiger partial charge in [0.25, 0.3) is 0 Å². The summed E-state index contributed by atoms with van der Waals surface area (Å²) in [5.41, 5.74) is 3.04. The van der Waals surface area contributed by atoms with Crippen molar-refractivity contribution in [2.24, 2.45) is 5.92 Å². The summed E-state index contributed by atoms with van der Waals surface area (Å²) in [5.74, 6) is 1.32. The van der Waals surface area contributed by atoms with Gasteiger partial charge in [0.15, 0.2) is 0 Å². The third-order valence-electron chi connectivity index (χ3n) is 7.24. The van der Waals surface area contributed by atoms with Gasteiger partial charge in [-0.25, -0.2) is 4.68 Å². The van der Waals surface area contributed by atoms with Gasteiger partial charge in [0.2, 0.25) is 5.91 Å². The predicted octanol–water partition coefficient (Wildman–Crippen LogP) is 6.24. The molecule has 3 aromatic rings. The lowest BCUT2D eigenvalue weighted by Gasteiger charge is -2.25. The van der Waals surface area contributed by atoms with Crippen LogP contribution in [0.15, 0.2) is 60.8 Å². The van der Waals surface area contributed by atoms with Gasteiger partial charge >= 0.3 is 0 Å². The van der Waals surface area contributed by atoms with Gasteiger partial charge in [-0.3, -0.25) is 4.79 Å². The van der Waals surface area contributed by atoms with Crippen molar-refractivity contribution < 1.29 is 9.53 Å². The number of hydrogen-bond acceptors (Lipinski definition) is 4. The minimum atomic E-state index is -0.247. The number of hydrogen-bond donors (Lipinski definition) is 1. The Hall–Kier alpha value is -3.15. The summed E-state index contributed by atoms with van der Waals surface area (Å²) >= 11 is 0. The maximum absolute atomic E-state index is 13.2. The van der Waals surface area contributed by atoms with Crippen molar-refractivity contribution in [2.75, 3.05) is 6.61 Å². The summed E-state index contributed by atoms with van der Waals surface area (Å²) in [6.07, 6.45) is 11.6. The third kappa shape index (κ3) is 7.42. The predicted molar refractivity (Wildman–Crippen MR) is 143 cm³/mol. The van der Waals surface area contributed by atoms with Crippen molar-refractivity contribution in [3.63, 3.8) is 0 Å². The number of aryl methyl sites for hydroxylation is 1. The molecule has 6 nitrogen and oxygen atoms in total. The highest BCUT2D eigenvalue weighted by molar-refractivity contribution is 5.83. The van der Waals surface area contributed by atoms with E-state index in [1.54, 1.807) is 0 Å². The van der Waals surface area contributed by atoms with E-state index < -0.39 is 0 Å². The van der Waals surface area contributed by atoms with E-state index in [4.69, 9.17) is 4.74 Å². The molecule has 6 heteroatoms. The molecule has 4 rings (SSSR count). The molecule has 36 heavy (non-hydrogen) atoms. The van der Waals surface area contributed by atoms with Crippen LogP contribution >= 0.6 is 0 Å². The lowest BCUT2D eigenvalue weighted by molar-refractivity contribution is -0.123. The summed E-state index contributed by atoms with van der Waals surface area (Å²) in [7, 11) is 0. The molecule has 0 bridgehead atoms. The fourth-order valence-electron chi connectivity index (χ4n) is 4.56. The molecule has 0 radical (unpaired) electrons. The topological polar surface area (TPSA) is 69.0 Å². The summed E-state index contributed by atoms with van der Waals surface area (Å²) < 4.78 is 7.84. The second-order valence-electron chi connectivity index (χ2n) is 10.1. The van der Waals surface area contributed by atoms with Crippen LogP contribution in [0.1, 0.15) is 87.6 Å². The average Bonchev–Trinajstić information content (AvgIpc) is 3.33. The Morgan fingerprint density at radius 1 is 1.06 bits per heavy atom. The van der Waals surface area contributed by atoms with Gasteiger partial charge in [0.05, 0.1) is 30.8 Å². The Kier molecular flexibility index (Phi) is 9.54. The molecule has 1 amide bonds. The molecule has 1 saturated carbocycles. The number of unbranched alkanes of at least 4 members (excludes halogenated alkanes) is 3. The molecule has 0 spiro atoms. The van der Waals surface area contributed by atoms with Gasteiger partial charge in [0.1, 0.15) is 5.75 Å². The van der Waals surface area contributed by atoms with E-state index >= 15 is 0 Å². The number of nitrogens with zero attached hydrogens (tertiary/aromatic N) is 3. The van der Waals surface area contributed by atoms with Gasteiger partial charge < -0.3 is 10.1 Å². The molecule has 1 aliphatic carbocycles. The number of nitrogens with one attached hydrogen (secondary N) is 1. The molecular weight excluding hydrogens is 448 g/mol. The van der Waals surface area contributed by atoms with Crippen LogP contribution < -0.4 is 10.1 Å². The lowest BCUT2D eigenvalue weighted by atomic mass is 9.86. The van der Waals surface area contributed by atoms with Crippen LogP contribution in [-0.4, -0.2) is 27.5 Å². The zero-order valence-electron chi connectivity index (χ0n) is 21.7. The number of aromatic nitrogens is 3. The molecule has 1 aliphatic rings. The molecule has 2 atom stereocenters. The molecule has 1 N–H and O–H groups in total. The third-order valence-corrected chi connectivity index (χ3v) is 7.24. The van der Waals surface area contributed by atoms with Crippen LogP contribution in [-0.2, 0) is 17.8 Å². The van der Waals surface area contributed by atoms with E-state index in [0.29, 0.717) is 12.5 Å². The second-order valence-corrected chi connectivity index (χ2v) is 10.1. The second kappa shape index (κ2) is 13.2. The average molecular weight is 489 g/mol. The molecular formula is C30H40N4O2. The molecule has 0 aliphatic heterocycles. The summed E-state index contributed by atoms with van der Waals surface area (Å²) in [5, 5.41) is 12.0. The maximum atomic E-state index is 13.2. The number of rotatable bonds is 14. The summed E-state index contributed by atoms with van der Waals surface area (Å²) in [4.78, 5) is 13.2. The van der Waals surface area contributed by atoms with E-state index in [1.165, 1.54) is 38.5 Å². The lowest BCUT2D eigenvalue weighted by Crippen LogP contribution is -2.34. The van der Waals surface area contributed by atoms with Crippen LogP contribution in [0.4, 0.5) is 0 Å². The van der Waals surface area contributed by atoms with E-state index in [0.717, 1.165) is 42.0 Å². The zero-order valence-corrected chi connectivity index (χ0v) is 21.7. The van der Waals surface area contributed by atoms with Crippen LogP contribution in [0.25, 0.3) is 0 Å². The quantitative estimate of drug-likeness (QED) is 0.273. The van der Waals surface area contributed by atoms with Gasteiger partial charge in [-0.15, -0.1) is 5.10 Å². The number of benzene rings is 2. The fraction of sp³-hybridized carbons (Fsp3) is 0.500. The van der Waals surface area contributed by atoms with Crippen molar-refractivity contribution in [1.29, 1.82) is 0 Å². The van der Waals surface area contributed by atoms with E-state index in [1.807, 2.05) is 60.3 Å². The van der Waals surface area contributed by atoms with E-state index in [-0.39, 0.29) is 17.9 Å². The van der Waals surface area contributed by atoms with E-state index in [9.17, 15) is 4.79 Å². The summed E-state index contributed by atoms with van der Waals surface area (Å²) in [6.45, 7) is 5.48. The first kappa shape index (κ1) is 25.9. The zero-order chi connectivity index (χ0) is 25.2. The van der Waals surface area contributed by atoms with Gasteiger partial charge in [-0.2, -0.15) is 0 Å². The SMILES string of the molecule is CCCCCCc1cn(C[C@H](NC(=O)[C@@H](C)c2ccccc2)c2ccc(OCC3CCC3)cc2)nn1. The van der Waals surface area contributed by atoms with Crippen LogP contribution in [0.3, 0.4) is 0 Å². The van der Waals surface area contributed by atoms with Crippen LogP contribution in [0.5, 0.6) is 5.75 Å². The number of carbonyl (C=O) groups excluding carboxylic acids is 1. The standard InChI is InChI=1S/C30H40N4O2/c1-3-4-5-9-15-27-20-34(33-32-27)21-29(31-30(35)23(2)25-13-7-6-8-14-25)26-16-18-28(19-17-26)36-22-24-11-10-12-24/h6-8,13-14,16-20,23-24,29H,3-5,9-12,15,21-22H2,1-2H3,(H,31,35)/t23-,29-/m0/s1. The van der Waals surface area contributed by atoms with Gasteiger partial charge in [0, 0.05) is 6.20 Å². The molecule has 2 aromatic carbocycles. The first-order valence-corrected chi connectivity index (χ1v) is 13.6. The highest BCUT2D eigenvalue weighted by Crippen LogP contribution is 2.28. The highest BCUT2D eigenvalue weighted by Gasteiger charge is 2.22. The number of amides is 1. The smallest absolute Gasteiger partial charge is 0.227 e. The Labute approximate surface area is 215 Å². The van der Waals surface area contributed by atoms with Crippen molar-refractivity contribution in [1.82, 2.24) is 20.3 Å². The van der Waals surface area contributed by atoms with Crippen molar-refractivity contribution in [2.45, 2.75) is 83.7 Å². The minimum Gasteiger partial charge on any atom is -0.493 e. The molecule has 0 unspecified atom stereocenters. The normalized spacial score (nSPS) is 15.2. The monoisotopic (exact) mass is 488 g/mol. The van der Waals surface area contributed by atoms with Gasteiger partial charge in [-0.1, -0.05) is 80.3 Å². The first-order valence-electron chi connectivity index (χ1n) is 13.6. The van der Waals surface area contributed by atoms with E-state index in [2.05, 4.69) is 34.7 Å².